The lowest BCUT2D eigenvalue weighted by atomic mass is 10.1. The number of halogens is 4. The van der Waals surface area contributed by atoms with Crippen LogP contribution in [0, 0.1) is 0 Å². The molecule has 0 saturated carbocycles. The number of nitrogens with zero attached hydrogens (tertiary/aromatic N) is 6. The van der Waals surface area contributed by atoms with Crippen molar-refractivity contribution in [1.82, 2.24) is 25.1 Å². The molecule has 13 heteroatoms. The average molecular weight is 506 g/mol. The van der Waals surface area contributed by atoms with Crippen LogP contribution < -0.4 is 15.7 Å². The van der Waals surface area contributed by atoms with Gasteiger partial charge in [0.05, 0.1) is 31.6 Å². The minimum atomic E-state index is -4.53. The molecule has 4 rings (SSSR count). The Labute approximate surface area is 202 Å². The molecule has 1 aromatic carbocycles. The van der Waals surface area contributed by atoms with Gasteiger partial charge in [0.2, 0.25) is 17.8 Å². The minimum Gasteiger partial charge on any atom is -0.341 e. The number of carbonyl (C=O) groups is 2. The van der Waals surface area contributed by atoms with E-state index in [4.69, 9.17) is 11.6 Å². The van der Waals surface area contributed by atoms with E-state index in [0.29, 0.717) is 28.2 Å². The predicted molar refractivity (Wildman–Crippen MR) is 121 cm³/mol. The summed E-state index contributed by atoms with van der Waals surface area (Å²) in [6.07, 6.45) is -1.44. The molecule has 0 aliphatic carbocycles. The van der Waals surface area contributed by atoms with Gasteiger partial charge >= 0.3 is 6.18 Å². The van der Waals surface area contributed by atoms with Gasteiger partial charge in [-0.3, -0.25) is 19.6 Å². The van der Waals surface area contributed by atoms with E-state index in [1.165, 1.54) is 17.3 Å². The SMILES string of the molecule is CN(Cc1ccc(C(F)(F)F)nc1)/N=c1/c(N2CNC(=O)C2)c(-c2ccc(Cl)cc2)cnn1C=O. The van der Waals surface area contributed by atoms with Crippen LogP contribution in [0.4, 0.5) is 18.9 Å². The Bertz CT molecular complexity index is 1310. The van der Waals surface area contributed by atoms with Crippen LogP contribution in [0.3, 0.4) is 0 Å². The Kier molecular flexibility index (Phi) is 6.74. The molecule has 2 aromatic heterocycles. The van der Waals surface area contributed by atoms with Crippen molar-refractivity contribution in [2.75, 3.05) is 25.2 Å². The fourth-order valence-corrected chi connectivity index (χ4v) is 3.69. The van der Waals surface area contributed by atoms with Crippen LogP contribution in [0.2, 0.25) is 5.02 Å². The highest BCUT2D eigenvalue weighted by molar-refractivity contribution is 6.30. The smallest absolute Gasteiger partial charge is 0.341 e. The monoisotopic (exact) mass is 505 g/mol. The molecule has 1 fully saturated rings. The summed E-state index contributed by atoms with van der Waals surface area (Å²) in [6.45, 7) is 0.335. The van der Waals surface area contributed by atoms with E-state index >= 15 is 0 Å². The zero-order valence-electron chi connectivity index (χ0n) is 18.3. The summed E-state index contributed by atoms with van der Waals surface area (Å²) in [5.74, 6) is -0.198. The van der Waals surface area contributed by atoms with Crippen molar-refractivity contribution < 1.29 is 22.8 Å². The number of nitrogens with one attached hydrogen (secondary N) is 1. The number of rotatable bonds is 6. The number of hydrogen-bond donors (Lipinski definition) is 1. The molecule has 0 unspecified atom stereocenters. The van der Waals surface area contributed by atoms with Gasteiger partial charge in [-0.25, -0.2) is 0 Å². The first-order chi connectivity index (χ1) is 16.7. The Morgan fingerprint density at radius 1 is 1.20 bits per heavy atom. The van der Waals surface area contributed by atoms with Gasteiger partial charge in [0, 0.05) is 23.8 Å². The van der Waals surface area contributed by atoms with Gasteiger partial charge in [0.15, 0.2) is 0 Å². The van der Waals surface area contributed by atoms with Gasteiger partial charge in [-0.2, -0.15) is 28.1 Å². The van der Waals surface area contributed by atoms with Crippen LogP contribution in [-0.2, 0) is 22.3 Å². The van der Waals surface area contributed by atoms with Gasteiger partial charge < -0.3 is 10.2 Å². The number of alkyl halides is 3. The van der Waals surface area contributed by atoms with Crippen molar-refractivity contribution in [1.29, 1.82) is 0 Å². The van der Waals surface area contributed by atoms with Gasteiger partial charge in [-0.15, -0.1) is 0 Å². The van der Waals surface area contributed by atoms with Crippen molar-refractivity contribution >= 4 is 29.6 Å². The number of pyridine rings is 1. The number of carbonyl (C=O) groups excluding carboxylic acids is 2. The molecular formula is C22H19ClF3N7O2. The molecule has 0 spiro atoms. The molecule has 3 heterocycles. The van der Waals surface area contributed by atoms with Crippen LogP contribution in [0.25, 0.3) is 11.1 Å². The first-order valence-electron chi connectivity index (χ1n) is 10.3. The normalized spacial score (nSPS) is 14.3. The van der Waals surface area contributed by atoms with E-state index in [-0.39, 0.29) is 31.2 Å². The molecule has 182 valence electrons. The third-order valence-corrected chi connectivity index (χ3v) is 5.41. The fourth-order valence-electron chi connectivity index (χ4n) is 3.56. The quantitative estimate of drug-likeness (QED) is 0.408. The molecule has 9 nitrogen and oxygen atoms in total. The Balaban J connectivity index is 1.78. The van der Waals surface area contributed by atoms with Crippen molar-refractivity contribution in [2.24, 2.45) is 5.10 Å². The third kappa shape index (κ3) is 5.43. The number of hydrogen-bond acceptors (Lipinski definition) is 7. The van der Waals surface area contributed by atoms with Gasteiger partial charge in [0.25, 0.3) is 0 Å². The zero-order valence-corrected chi connectivity index (χ0v) is 19.1. The summed E-state index contributed by atoms with van der Waals surface area (Å²) in [5, 5.41) is 13.4. The second-order valence-corrected chi connectivity index (χ2v) is 8.14. The predicted octanol–water partition coefficient (Wildman–Crippen LogP) is 2.50. The van der Waals surface area contributed by atoms with E-state index in [2.05, 4.69) is 20.5 Å². The van der Waals surface area contributed by atoms with Crippen LogP contribution in [0.1, 0.15) is 11.3 Å². The molecule has 1 saturated heterocycles. The van der Waals surface area contributed by atoms with Crippen LogP contribution in [-0.4, -0.2) is 52.4 Å². The van der Waals surface area contributed by atoms with Crippen molar-refractivity contribution in [2.45, 2.75) is 12.7 Å². The maximum atomic E-state index is 12.8. The Morgan fingerprint density at radius 3 is 2.51 bits per heavy atom. The van der Waals surface area contributed by atoms with Crippen molar-refractivity contribution in [3.63, 3.8) is 0 Å². The Hall–Kier alpha value is -3.93. The van der Waals surface area contributed by atoms with Gasteiger partial charge in [0.1, 0.15) is 5.69 Å². The summed E-state index contributed by atoms with van der Waals surface area (Å²) >= 11 is 6.02. The second-order valence-electron chi connectivity index (χ2n) is 7.71. The minimum absolute atomic E-state index is 0.0402. The zero-order chi connectivity index (χ0) is 25.2. The average Bonchev–Trinajstić information content (AvgIpc) is 3.25. The topological polar surface area (TPSA) is 95.7 Å². The lowest BCUT2D eigenvalue weighted by Crippen LogP contribution is -2.36. The standard InChI is InChI=1S/C22H19ClF3N7O2/c1-31(10-14-2-7-18(27-8-14)22(24,25)26)30-21-20(32-11-19(35)28-12-32)17(9-29-33(21)13-34)15-3-5-16(23)6-4-15/h2-9,13H,10-12H2,1H3,(H,28,35)/b30-21-. The second kappa shape index (κ2) is 9.74. The number of aromatic nitrogens is 3. The van der Waals surface area contributed by atoms with Gasteiger partial charge in [-0.05, 0) is 29.3 Å². The summed E-state index contributed by atoms with van der Waals surface area (Å²) < 4.78 is 39.4. The van der Waals surface area contributed by atoms with Crippen LogP contribution in [0.15, 0.2) is 53.9 Å². The summed E-state index contributed by atoms with van der Waals surface area (Å²) in [5.41, 5.74) is 1.45. The molecule has 1 amide bonds. The molecule has 35 heavy (non-hydrogen) atoms. The first kappa shape index (κ1) is 24.2. The molecule has 1 N–H and O–H groups in total. The highest BCUT2D eigenvalue weighted by Gasteiger charge is 2.32. The molecule has 1 aliphatic rings. The number of benzene rings is 1. The summed E-state index contributed by atoms with van der Waals surface area (Å²) in [7, 11) is 1.60. The van der Waals surface area contributed by atoms with Gasteiger partial charge in [-0.1, -0.05) is 29.8 Å². The lowest BCUT2D eigenvalue weighted by Gasteiger charge is -2.22. The summed E-state index contributed by atoms with van der Waals surface area (Å²) in [4.78, 5) is 28.9. The van der Waals surface area contributed by atoms with E-state index in [0.717, 1.165) is 22.5 Å². The summed E-state index contributed by atoms with van der Waals surface area (Å²) in [6, 6.07) is 9.17. The highest BCUT2D eigenvalue weighted by atomic mass is 35.5. The molecule has 0 bridgehead atoms. The van der Waals surface area contributed by atoms with E-state index in [9.17, 15) is 22.8 Å². The fraction of sp³-hybridized carbons (Fsp3) is 0.227. The number of anilines is 1. The maximum absolute atomic E-state index is 12.8. The van der Waals surface area contributed by atoms with Crippen molar-refractivity contribution in [3.05, 3.63) is 70.6 Å². The molecule has 1 aliphatic heterocycles. The van der Waals surface area contributed by atoms with Crippen LogP contribution in [0.5, 0.6) is 0 Å². The lowest BCUT2D eigenvalue weighted by molar-refractivity contribution is -0.141. The van der Waals surface area contributed by atoms with E-state index in [1.54, 1.807) is 36.2 Å². The van der Waals surface area contributed by atoms with Crippen molar-refractivity contribution in [3.8, 4) is 11.1 Å². The molecular weight excluding hydrogens is 487 g/mol. The molecule has 3 aromatic rings. The number of amides is 1. The third-order valence-electron chi connectivity index (χ3n) is 5.16. The molecule has 0 atom stereocenters. The molecule has 0 radical (unpaired) electrons. The van der Waals surface area contributed by atoms with E-state index < -0.39 is 11.9 Å². The van der Waals surface area contributed by atoms with E-state index in [1.807, 2.05) is 0 Å². The highest BCUT2D eigenvalue weighted by Crippen LogP contribution is 2.29. The Morgan fingerprint density at radius 2 is 1.94 bits per heavy atom. The maximum Gasteiger partial charge on any atom is 0.433 e. The first-order valence-corrected chi connectivity index (χ1v) is 10.7. The largest absolute Gasteiger partial charge is 0.433 e. The van der Waals surface area contributed by atoms with Crippen LogP contribution >= 0.6 is 11.6 Å².